The number of amides is 2. The van der Waals surface area contributed by atoms with E-state index in [1.807, 2.05) is 37.8 Å². The minimum absolute atomic E-state index is 0.000728. The Morgan fingerprint density at radius 1 is 1.15 bits per heavy atom. The molecule has 0 bridgehead atoms. The molecule has 1 aliphatic heterocycles. The predicted molar refractivity (Wildman–Crippen MR) is 144 cm³/mol. The number of anilines is 2. The van der Waals surface area contributed by atoms with E-state index in [2.05, 4.69) is 31.5 Å². The van der Waals surface area contributed by atoms with Crippen molar-refractivity contribution in [2.24, 2.45) is 5.92 Å². The number of nitrogens with one attached hydrogen (secondary N) is 2. The predicted octanol–water partition coefficient (Wildman–Crippen LogP) is 4.93. The standard InChI is InChI=1S/C24H28BrClN4O3S/c1-4-33-21-8-5-16(13-18(21)25)22(31)28-24(34)27-17-6-7-20(19(26)14-17)29-9-11-30(12-10-29)23(32)15(2)3/h5-8,13-15H,4,9-12H2,1-3H3,(H2,27,28,31,34). The summed E-state index contributed by atoms with van der Waals surface area (Å²) in [5.41, 5.74) is 2.02. The van der Waals surface area contributed by atoms with Crippen LogP contribution in [0.25, 0.3) is 0 Å². The highest BCUT2D eigenvalue weighted by molar-refractivity contribution is 9.10. The minimum Gasteiger partial charge on any atom is -0.493 e. The maximum atomic E-state index is 12.5. The number of nitrogens with zero attached hydrogens (tertiary/aromatic N) is 2. The zero-order valence-electron chi connectivity index (χ0n) is 19.4. The van der Waals surface area contributed by atoms with Gasteiger partial charge in [0.25, 0.3) is 5.91 Å². The Hall–Kier alpha value is -2.36. The highest BCUT2D eigenvalue weighted by Gasteiger charge is 2.24. The summed E-state index contributed by atoms with van der Waals surface area (Å²) in [7, 11) is 0. The molecule has 34 heavy (non-hydrogen) atoms. The second-order valence-electron chi connectivity index (χ2n) is 8.12. The lowest BCUT2D eigenvalue weighted by atomic mass is 10.1. The van der Waals surface area contributed by atoms with Crippen molar-refractivity contribution in [3.05, 3.63) is 51.5 Å². The van der Waals surface area contributed by atoms with E-state index in [4.69, 9.17) is 28.6 Å². The number of carbonyl (C=O) groups is 2. The second-order valence-corrected chi connectivity index (χ2v) is 9.79. The topological polar surface area (TPSA) is 73.9 Å². The SMILES string of the molecule is CCOc1ccc(C(=O)NC(=S)Nc2ccc(N3CCN(C(=O)C(C)C)CC3)c(Cl)c2)cc1Br. The second kappa shape index (κ2) is 11.9. The van der Waals surface area contributed by atoms with Crippen LogP contribution < -0.4 is 20.3 Å². The van der Waals surface area contributed by atoms with Crippen LogP contribution in [0.1, 0.15) is 31.1 Å². The van der Waals surface area contributed by atoms with Gasteiger partial charge in [-0.3, -0.25) is 14.9 Å². The number of benzene rings is 2. The van der Waals surface area contributed by atoms with Crippen molar-refractivity contribution < 1.29 is 14.3 Å². The maximum Gasteiger partial charge on any atom is 0.257 e. The van der Waals surface area contributed by atoms with Gasteiger partial charge in [0.2, 0.25) is 5.91 Å². The molecule has 1 saturated heterocycles. The smallest absolute Gasteiger partial charge is 0.257 e. The molecule has 0 atom stereocenters. The van der Waals surface area contributed by atoms with Crippen molar-refractivity contribution in [2.45, 2.75) is 20.8 Å². The molecule has 1 heterocycles. The van der Waals surface area contributed by atoms with Crippen molar-refractivity contribution in [3.63, 3.8) is 0 Å². The number of thiocarbonyl (C=S) groups is 1. The Bertz CT molecular complexity index is 1070. The molecule has 0 saturated carbocycles. The number of rotatable bonds is 6. The van der Waals surface area contributed by atoms with Gasteiger partial charge in [-0.2, -0.15) is 0 Å². The lowest BCUT2D eigenvalue weighted by Gasteiger charge is -2.37. The fourth-order valence-corrected chi connectivity index (χ4v) is 4.63. The van der Waals surface area contributed by atoms with Gasteiger partial charge in [0, 0.05) is 43.3 Å². The van der Waals surface area contributed by atoms with Crippen molar-refractivity contribution in [2.75, 3.05) is 43.0 Å². The summed E-state index contributed by atoms with van der Waals surface area (Å²) in [5, 5.41) is 6.41. The zero-order chi connectivity index (χ0) is 24.8. The molecule has 0 unspecified atom stereocenters. The molecular formula is C24H28BrClN4O3S. The van der Waals surface area contributed by atoms with Gasteiger partial charge in [0.05, 0.1) is 21.8 Å². The Morgan fingerprint density at radius 2 is 1.85 bits per heavy atom. The van der Waals surface area contributed by atoms with Crippen molar-refractivity contribution in [3.8, 4) is 5.75 Å². The van der Waals surface area contributed by atoms with Crippen LogP contribution in [0, 0.1) is 5.92 Å². The van der Waals surface area contributed by atoms with Crippen molar-refractivity contribution in [1.29, 1.82) is 0 Å². The summed E-state index contributed by atoms with van der Waals surface area (Å²) in [6.07, 6.45) is 0. The number of piperazine rings is 1. The van der Waals surface area contributed by atoms with E-state index in [9.17, 15) is 9.59 Å². The number of ether oxygens (including phenoxy) is 1. The van der Waals surface area contributed by atoms with Gasteiger partial charge in [-0.1, -0.05) is 25.4 Å². The van der Waals surface area contributed by atoms with Crippen LogP contribution in [0.5, 0.6) is 5.75 Å². The first-order valence-corrected chi connectivity index (χ1v) is 12.7. The van der Waals surface area contributed by atoms with Gasteiger partial charge in [-0.15, -0.1) is 0 Å². The molecule has 0 aromatic heterocycles. The molecule has 10 heteroatoms. The third-order valence-corrected chi connectivity index (χ3v) is 6.48. The monoisotopic (exact) mass is 566 g/mol. The fraction of sp³-hybridized carbons (Fsp3) is 0.375. The van der Waals surface area contributed by atoms with Crippen LogP contribution in [-0.4, -0.2) is 54.6 Å². The highest BCUT2D eigenvalue weighted by Crippen LogP contribution is 2.30. The highest BCUT2D eigenvalue weighted by atomic mass is 79.9. The van der Waals surface area contributed by atoms with E-state index in [1.165, 1.54) is 0 Å². The molecule has 2 aromatic rings. The Labute approximate surface area is 218 Å². The molecular weight excluding hydrogens is 540 g/mol. The van der Waals surface area contributed by atoms with E-state index in [1.54, 1.807) is 24.3 Å². The van der Waals surface area contributed by atoms with E-state index >= 15 is 0 Å². The Balaban J connectivity index is 1.57. The van der Waals surface area contributed by atoms with E-state index < -0.39 is 0 Å². The molecule has 0 aliphatic carbocycles. The van der Waals surface area contributed by atoms with E-state index in [0.29, 0.717) is 46.2 Å². The van der Waals surface area contributed by atoms with Gasteiger partial charge in [-0.25, -0.2) is 0 Å². The van der Waals surface area contributed by atoms with Crippen molar-refractivity contribution >= 4 is 68.1 Å². The van der Waals surface area contributed by atoms with Crippen LogP contribution in [0.3, 0.4) is 0 Å². The van der Waals surface area contributed by atoms with Gasteiger partial charge < -0.3 is 19.9 Å². The molecule has 182 valence electrons. The van der Waals surface area contributed by atoms with Gasteiger partial charge in [0.15, 0.2) is 5.11 Å². The first-order chi connectivity index (χ1) is 16.2. The largest absolute Gasteiger partial charge is 0.493 e. The summed E-state index contributed by atoms with van der Waals surface area (Å²) in [6.45, 7) is 9.05. The molecule has 2 N–H and O–H groups in total. The molecule has 7 nitrogen and oxygen atoms in total. The third kappa shape index (κ3) is 6.61. The lowest BCUT2D eigenvalue weighted by molar-refractivity contribution is -0.134. The van der Waals surface area contributed by atoms with Crippen LogP contribution >= 0.6 is 39.7 Å². The summed E-state index contributed by atoms with van der Waals surface area (Å²) < 4.78 is 6.16. The molecule has 1 fully saturated rings. The normalized spacial score (nSPS) is 13.6. The summed E-state index contributed by atoms with van der Waals surface area (Å²) in [5.74, 6) is 0.513. The first-order valence-electron chi connectivity index (χ1n) is 11.1. The van der Waals surface area contributed by atoms with E-state index in [0.717, 1.165) is 18.8 Å². The molecule has 0 spiro atoms. The molecule has 2 aromatic carbocycles. The Morgan fingerprint density at radius 3 is 2.44 bits per heavy atom. The van der Waals surface area contributed by atoms with Gasteiger partial charge >= 0.3 is 0 Å². The Kier molecular flexibility index (Phi) is 9.16. The lowest BCUT2D eigenvalue weighted by Crippen LogP contribution is -2.50. The summed E-state index contributed by atoms with van der Waals surface area (Å²) >= 11 is 15.3. The van der Waals surface area contributed by atoms with Crippen molar-refractivity contribution in [1.82, 2.24) is 10.2 Å². The summed E-state index contributed by atoms with van der Waals surface area (Å²) in [4.78, 5) is 28.8. The zero-order valence-corrected chi connectivity index (χ0v) is 22.5. The average molecular weight is 568 g/mol. The van der Waals surface area contributed by atoms with Gasteiger partial charge in [-0.05, 0) is 71.5 Å². The van der Waals surface area contributed by atoms with Crippen LogP contribution in [0.2, 0.25) is 5.02 Å². The molecule has 2 amide bonds. The molecule has 1 aliphatic rings. The quantitative estimate of drug-likeness (QED) is 0.482. The molecule has 3 rings (SSSR count). The van der Waals surface area contributed by atoms with Crippen LogP contribution in [0.15, 0.2) is 40.9 Å². The minimum atomic E-state index is -0.335. The average Bonchev–Trinajstić information content (AvgIpc) is 2.80. The number of carbonyl (C=O) groups excluding carboxylic acids is 2. The number of halogens is 2. The van der Waals surface area contributed by atoms with Gasteiger partial charge in [0.1, 0.15) is 5.75 Å². The van der Waals surface area contributed by atoms with E-state index in [-0.39, 0.29) is 22.8 Å². The summed E-state index contributed by atoms with van der Waals surface area (Å²) in [6, 6.07) is 10.6. The fourth-order valence-electron chi connectivity index (χ4n) is 3.63. The maximum absolute atomic E-state index is 12.5. The number of hydrogen-bond donors (Lipinski definition) is 2. The molecule has 0 radical (unpaired) electrons. The van der Waals surface area contributed by atoms with Crippen LogP contribution in [0.4, 0.5) is 11.4 Å². The third-order valence-electron chi connectivity index (χ3n) is 5.35. The van der Waals surface area contributed by atoms with Crippen LogP contribution in [-0.2, 0) is 4.79 Å². The number of hydrogen-bond acceptors (Lipinski definition) is 5. The first kappa shape index (κ1) is 26.2.